The van der Waals surface area contributed by atoms with Crippen molar-refractivity contribution in [1.29, 1.82) is 0 Å². The van der Waals surface area contributed by atoms with Crippen molar-refractivity contribution < 1.29 is 9.59 Å². The zero-order valence-corrected chi connectivity index (χ0v) is 16.8. The van der Waals surface area contributed by atoms with Crippen LogP contribution in [0, 0.1) is 0 Å². The summed E-state index contributed by atoms with van der Waals surface area (Å²) < 4.78 is 0. The molecule has 1 fully saturated rings. The quantitative estimate of drug-likeness (QED) is 0.764. The van der Waals surface area contributed by atoms with Crippen LogP contribution in [0.25, 0.3) is 10.8 Å². The maximum atomic E-state index is 12.1. The molecule has 0 aliphatic carbocycles. The fraction of sp³-hybridized carbons (Fsp3) is 0.455. The van der Waals surface area contributed by atoms with Gasteiger partial charge in [-0.05, 0) is 30.2 Å². The molecule has 0 saturated carbocycles. The van der Waals surface area contributed by atoms with Gasteiger partial charge in [0.2, 0.25) is 11.8 Å². The lowest BCUT2D eigenvalue weighted by Crippen LogP contribution is -2.50. The van der Waals surface area contributed by atoms with Crippen LogP contribution in [-0.4, -0.2) is 66.9 Å². The number of hydrogen-bond donors (Lipinski definition) is 2. The first-order valence-electron chi connectivity index (χ1n) is 9.98. The average molecular weight is 383 g/mol. The monoisotopic (exact) mass is 382 g/mol. The van der Waals surface area contributed by atoms with E-state index in [1.165, 1.54) is 16.3 Å². The molecule has 2 amide bonds. The van der Waals surface area contributed by atoms with Crippen LogP contribution in [0.3, 0.4) is 0 Å². The Morgan fingerprint density at radius 3 is 2.36 bits per heavy atom. The van der Waals surface area contributed by atoms with Crippen molar-refractivity contribution >= 4 is 22.6 Å². The Hall–Kier alpha value is -2.44. The minimum atomic E-state index is -0.150. The van der Waals surface area contributed by atoms with Crippen molar-refractivity contribution in [3.63, 3.8) is 0 Å². The Morgan fingerprint density at radius 2 is 1.61 bits per heavy atom. The number of piperazine rings is 1. The lowest BCUT2D eigenvalue weighted by atomic mass is 10.0. The van der Waals surface area contributed by atoms with Gasteiger partial charge in [0.05, 0.1) is 13.1 Å². The summed E-state index contributed by atoms with van der Waals surface area (Å²) in [4.78, 5) is 28.3. The molecular weight excluding hydrogens is 352 g/mol. The van der Waals surface area contributed by atoms with Gasteiger partial charge in [0.25, 0.3) is 0 Å². The van der Waals surface area contributed by atoms with Crippen LogP contribution in [0.15, 0.2) is 42.5 Å². The molecule has 3 rings (SSSR count). The van der Waals surface area contributed by atoms with Gasteiger partial charge in [-0.15, -0.1) is 0 Å². The molecule has 1 heterocycles. The van der Waals surface area contributed by atoms with Crippen molar-refractivity contribution in [1.82, 2.24) is 20.4 Å². The number of fused-ring (bicyclic) bond motifs is 1. The van der Waals surface area contributed by atoms with Gasteiger partial charge in [-0.3, -0.25) is 19.4 Å². The van der Waals surface area contributed by atoms with E-state index in [2.05, 4.69) is 62.9 Å². The van der Waals surface area contributed by atoms with E-state index in [1.807, 2.05) is 13.8 Å². The molecule has 2 aromatic carbocycles. The van der Waals surface area contributed by atoms with Crippen LogP contribution < -0.4 is 10.6 Å². The molecule has 0 radical (unpaired) electrons. The Bertz CT molecular complexity index is 808. The van der Waals surface area contributed by atoms with Crippen LogP contribution in [0.2, 0.25) is 0 Å². The van der Waals surface area contributed by atoms with E-state index < -0.39 is 0 Å². The fourth-order valence-electron chi connectivity index (χ4n) is 3.59. The molecule has 2 aromatic rings. The van der Waals surface area contributed by atoms with Gasteiger partial charge in [-0.1, -0.05) is 42.5 Å². The molecule has 0 atom stereocenters. The van der Waals surface area contributed by atoms with Gasteiger partial charge in [0, 0.05) is 38.8 Å². The lowest BCUT2D eigenvalue weighted by molar-refractivity contribution is -0.127. The highest BCUT2D eigenvalue weighted by atomic mass is 16.2. The summed E-state index contributed by atoms with van der Waals surface area (Å²) >= 11 is 0. The molecule has 1 aliphatic rings. The summed E-state index contributed by atoms with van der Waals surface area (Å²) in [7, 11) is 0. The molecule has 1 aliphatic heterocycles. The number of benzene rings is 2. The van der Waals surface area contributed by atoms with Gasteiger partial charge in [-0.25, -0.2) is 0 Å². The van der Waals surface area contributed by atoms with E-state index in [9.17, 15) is 9.59 Å². The summed E-state index contributed by atoms with van der Waals surface area (Å²) in [6.45, 7) is 8.70. The van der Waals surface area contributed by atoms with Crippen LogP contribution in [0.5, 0.6) is 0 Å². The molecule has 0 aromatic heterocycles. The summed E-state index contributed by atoms with van der Waals surface area (Å²) in [5, 5.41) is 8.06. The zero-order valence-electron chi connectivity index (χ0n) is 16.8. The third kappa shape index (κ3) is 5.78. The summed E-state index contributed by atoms with van der Waals surface area (Å²) in [5.74, 6) is -0.246. The van der Waals surface area contributed by atoms with Crippen molar-refractivity contribution in [2.45, 2.75) is 26.4 Å². The van der Waals surface area contributed by atoms with Crippen molar-refractivity contribution in [2.24, 2.45) is 0 Å². The maximum Gasteiger partial charge on any atom is 0.239 e. The Kier molecular flexibility index (Phi) is 7.01. The predicted molar refractivity (Wildman–Crippen MR) is 112 cm³/mol. The standard InChI is InChI=1S/C22H30N4O2/c1-17(2)24-21(27)14-23-22(28)16-26-12-10-25(11-13-26)15-19-8-5-7-18-6-3-4-9-20(18)19/h3-9,17H,10-16H2,1-2H3,(H,23,28)(H,24,27). The highest BCUT2D eigenvalue weighted by Crippen LogP contribution is 2.20. The van der Waals surface area contributed by atoms with Gasteiger partial charge in [-0.2, -0.15) is 0 Å². The number of carbonyl (C=O) groups excluding carboxylic acids is 2. The van der Waals surface area contributed by atoms with Gasteiger partial charge < -0.3 is 10.6 Å². The Labute approximate surface area is 166 Å². The van der Waals surface area contributed by atoms with E-state index in [-0.39, 0.29) is 24.4 Å². The van der Waals surface area contributed by atoms with E-state index in [0.717, 1.165) is 32.7 Å². The SMILES string of the molecule is CC(C)NC(=O)CNC(=O)CN1CCN(Cc2cccc3ccccc23)CC1. The third-order valence-electron chi connectivity index (χ3n) is 5.00. The van der Waals surface area contributed by atoms with Crippen LogP contribution in [0.1, 0.15) is 19.4 Å². The first-order valence-corrected chi connectivity index (χ1v) is 9.98. The number of hydrogen-bond acceptors (Lipinski definition) is 4. The third-order valence-corrected chi connectivity index (χ3v) is 5.00. The Balaban J connectivity index is 1.43. The van der Waals surface area contributed by atoms with E-state index in [0.29, 0.717) is 6.54 Å². The molecule has 0 bridgehead atoms. The highest BCUT2D eigenvalue weighted by Gasteiger charge is 2.19. The molecule has 150 valence electrons. The highest BCUT2D eigenvalue weighted by molar-refractivity contribution is 5.86. The van der Waals surface area contributed by atoms with E-state index >= 15 is 0 Å². The molecule has 0 spiro atoms. The second-order valence-electron chi connectivity index (χ2n) is 7.69. The largest absolute Gasteiger partial charge is 0.352 e. The summed E-state index contributed by atoms with van der Waals surface area (Å²) in [6.07, 6.45) is 0. The second kappa shape index (κ2) is 9.66. The summed E-state index contributed by atoms with van der Waals surface area (Å²) in [5.41, 5.74) is 1.35. The van der Waals surface area contributed by atoms with Gasteiger partial charge in [0.1, 0.15) is 0 Å². The maximum absolute atomic E-state index is 12.1. The molecule has 28 heavy (non-hydrogen) atoms. The minimum Gasteiger partial charge on any atom is -0.352 e. The first-order chi connectivity index (χ1) is 13.5. The molecule has 1 saturated heterocycles. The zero-order chi connectivity index (χ0) is 19.9. The second-order valence-corrected chi connectivity index (χ2v) is 7.69. The number of nitrogens with one attached hydrogen (secondary N) is 2. The average Bonchev–Trinajstić information content (AvgIpc) is 2.68. The fourth-order valence-corrected chi connectivity index (χ4v) is 3.59. The van der Waals surface area contributed by atoms with Crippen molar-refractivity contribution in [3.8, 4) is 0 Å². The minimum absolute atomic E-state index is 0.0397. The van der Waals surface area contributed by atoms with E-state index in [4.69, 9.17) is 0 Å². The molecule has 0 unspecified atom stereocenters. The predicted octanol–water partition coefficient (Wildman–Crippen LogP) is 1.60. The topological polar surface area (TPSA) is 64.7 Å². The van der Waals surface area contributed by atoms with Gasteiger partial charge >= 0.3 is 0 Å². The van der Waals surface area contributed by atoms with Crippen LogP contribution in [-0.2, 0) is 16.1 Å². The lowest BCUT2D eigenvalue weighted by Gasteiger charge is -2.34. The van der Waals surface area contributed by atoms with Crippen LogP contribution in [0.4, 0.5) is 0 Å². The molecular formula is C22H30N4O2. The number of nitrogens with zero attached hydrogens (tertiary/aromatic N) is 2. The number of rotatable bonds is 7. The number of amides is 2. The normalized spacial score (nSPS) is 15.7. The van der Waals surface area contributed by atoms with E-state index in [1.54, 1.807) is 0 Å². The summed E-state index contributed by atoms with van der Waals surface area (Å²) in [6, 6.07) is 15.0. The van der Waals surface area contributed by atoms with Crippen molar-refractivity contribution in [2.75, 3.05) is 39.3 Å². The molecule has 6 nitrogen and oxygen atoms in total. The molecule has 2 N–H and O–H groups in total. The smallest absolute Gasteiger partial charge is 0.239 e. The number of carbonyl (C=O) groups is 2. The first kappa shape index (κ1) is 20.3. The van der Waals surface area contributed by atoms with Crippen molar-refractivity contribution in [3.05, 3.63) is 48.0 Å². The molecule has 6 heteroatoms. The Morgan fingerprint density at radius 1 is 0.929 bits per heavy atom. The van der Waals surface area contributed by atoms with Gasteiger partial charge in [0.15, 0.2) is 0 Å². The van der Waals surface area contributed by atoms with Crippen LogP contribution >= 0.6 is 0 Å².